The lowest BCUT2D eigenvalue weighted by Crippen LogP contribution is -2.41. The summed E-state index contributed by atoms with van der Waals surface area (Å²) < 4.78 is 51.0. The van der Waals surface area contributed by atoms with E-state index < -0.39 is 30.1 Å². The smallest absolute Gasteiger partial charge is 0.378 e. The number of nitrogens with zero attached hydrogens (tertiary/aromatic N) is 4. The number of alkyl halides is 3. The molecule has 244 valence electrons. The number of hydrogen-bond donors (Lipinski definition) is 5. The second kappa shape index (κ2) is 17.0. The molecule has 45 heavy (non-hydrogen) atoms. The molecule has 3 amide bonds. The number of nitrogen functional groups attached to an aromatic ring is 1. The van der Waals surface area contributed by atoms with E-state index in [1.807, 2.05) is 7.05 Å². The highest BCUT2D eigenvalue weighted by Crippen LogP contribution is 2.26. The van der Waals surface area contributed by atoms with Crippen molar-refractivity contribution in [3.05, 3.63) is 52.1 Å². The van der Waals surface area contributed by atoms with Gasteiger partial charge in [0.2, 0.25) is 11.9 Å². The van der Waals surface area contributed by atoms with Crippen LogP contribution in [0.2, 0.25) is 0 Å². The second-order valence-corrected chi connectivity index (χ2v) is 9.46. The topological polar surface area (TPSA) is 207 Å². The fraction of sp³-hybridized carbons (Fsp3) is 0.444. The molecular weight excluding hydrogens is 603 g/mol. The summed E-state index contributed by atoms with van der Waals surface area (Å²) in [5.41, 5.74) is 4.14. The minimum absolute atomic E-state index is 0.118. The zero-order valence-electron chi connectivity index (χ0n) is 24.4. The number of aromatic amines is 1. The van der Waals surface area contributed by atoms with Gasteiger partial charge in [0.05, 0.1) is 44.9 Å². The highest BCUT2D eigenvalue weighted by Gasteiger charge is 2.43. The highest BCUT2D eigenvalue weighted by molar-refractivity contribution is 5.98. The number of fused-ring (bicyclic) bond motifs is 1. The molecule has 0 aliphatic rings. The Hall–Kier alpha value is -4.68. The molecule has 3 rings (SSSR count). The number of anilines is 2. The van der Waals surface area contributed by atoms with Gasteiger partial charge < -0.3 is 31.2 Å². The number of hydrogen-bond acceptors (Lipinski definition) is 11. The van der Waals surface area contributed by atoms with Crippen LogP contribution < -0.4 is 32.1 Å². The average molecular weight is 638 g/mol. The molecule has 0 unspecified atom stereocenters. The molecule has 0 spiro atoms. The number of carbonyl (C=O) groups is 3. The first kappa shape index (κ1) is 34.8. The summed E-state index contributed by atoms with van der Waals surface area (Å²) in [5.74, 6) is -3.14. The summed E-state index contributed by atoms with van der Waals surface area (Å²) in [6.07, 6.45) is -3.64. The summed E-state index contributed by atoms with van der Waals surface area (Å²) in [7, 11) is 1.83. The quantitative estimate of drug-likeness (QED) is 0.127. The fourth-order valence-corrected chi connectivity index (χ4v) is 3.84. The van der Waals surface area contributed by atoms with Gasteiger partial charge in [-0.3, -0.25) is 29.1 Å². The molecule has 0 bridgehead atoms. The SMILES string of the molecule is CNCCOCCOCCNC(=O)CCCNC(=O)c1ccc(N(Cc2cnc3nc(N)[nH]c(=O)c3n2)C(=O)C(F)(F)F)cc1. The summed E-state index contributed by atoms with van der Waals surface area (Å²) in [6.45, 7) is 2.37. The Balaban J connectivity index is 1.50. The van der Waals surface area contributed by atoms with Gasteiger partial charge >= 0.3 is 12.1 Å². The number of carbonyl (C=O) groups excluding carboxylic acids is 3. The Morgan fingerprint density at radius 3 is 2.33 bits per heavy atom. The van der Waals surface area contributed by atoms with Crippen LogP contribution in [-0.4, -0.2) is 96.9 Å². The Kier molecular flexibility index (Phi) is 13.1. The molecule has 0 aliphatic carbocycles. The maximum atomic E-state index is 13.4. The number of benzene rings is 1. The average Bonchev–Trinajstić information content (AvgIpc) is 3.00. The van der Waals surface area contributed by atoms with E-state index >= 15 is 0 Å². The fourth-order valence-electron chi connectivity index (χ4n) is 3.84. The van der Waals surface area contributed by atoms with Crippen LogP contribution in [0.15, 0.2) is 35.3 Å². The Bertz CT molecular complexity index is 1500. The van der Waals surface area contributed by atoms with Gasteiger partial charge in [-0.25, -0.2) is 9.97 Å². The van der Waals surface area contributed by atoms with Crippen molar-refractivity contribution < 1.29 is 37.0 Å². The lowest BCUT2D eigenvalue weighted by molar-refractivity contribution is -0.170. The van der Waals surface area contributed by atoms with E-state index in [1.165, 1.54) is 24.3 Å². The normalized spacial score (nSPS) is 11.4. The summed E-state index contributed by atoms with van der Waals surface area (Å²) in [6, 6.07) is 4.85. The van der Waals surface area contributed by atoms with E-state index in [-0.39, 0.29) is 52.9 Å². The standard InChI is InChI=1S/C27H34F3N9O6/c1-32-9-11-44-13-14-45-12-10-33-20(40)3-2-8-34-23(41)17-4-6-19(7-5-17)39(25(43)27(28,29)30)16-18-15-35-22-21(36-18)24(42)38-26(31)37-22/h4-7,15,32H,2-3,8-14,16H2,1H3,(H,33,40)(H,34,41)(H3,31,35,37,38,42). The first-order valence-corrected chi connectivity index (χ1v) is 13.8. The van der Waals surface area contributed by atoms with Gasteiger partial charge in [-0.2, -0.15) is 18.2 Å². The van der Waals surface area contributed by atoms with Crippen molar-refractivity contribution >= 4 is 40.5 Å². The summed E-state index contributed by atoms with van der Waals surface area (Å²) >= 11 is 0. The van der Waals surface area contributed by atoms with Crippen LogP contribution in [0.25, 0.3) is 11.2 Å². The number of aromatic nitrogens is 4. The molecule has 0 aliphatic heterocycles. The third-order valence-electron chi connectivity index (χ3n) is 6.04. The van der Waals surface area contributed by atoms with E-state index in [9.17, 15) is 32.3 Å². The number of halogens is 3. The van der Waals surface area contributed by atoms with E-state index in [1.54, 1.807) is 0 Å². The second-order valence-electron chi connectivity index (χ2n) is 9.46. The Morgan fingerprint density at radius 2 is 1.67 bits per heavy atom. The first-order chi connectivity index (χ1) is 21.5. The third kappa shape index (κ3) is 11.1. The van der Waals surface area contributed by atoms with Crippen LogP contribution in [0.4, 0.5) is 24.8 Å². The van der Waals surface area contributed by atoms with Crippen LogP contribution in [0.5, 0.6) is 0 Å². The molecule has 15 nitrogen and oxygen atoms in total. The molecule has 0 fully saturated rings. The van der Waals surface area contributed by atoms with Crippen molar-refractivity contribution in [2.75, 3.05) is 63.7 Å². The van der Waals surface area contributed by atoms with Crippen molar-refractivity contribution in [3.63, 3.8) is 0 Å². The maximum Gasteiger partial charge on any atom is 0.471 e. The van der Waals surface area contributed by atoms with Crippen LogP contribution in [0, 0.1) is 0 Å². The summed E-state index contributed by atoms with van der Waals surface area (Å²) in [5, 5.41) is 8.30. The molecule has 1 aromatic carbocycles. The number of H-pyrrole nitrogens is 1. The van der Waals surface area contributed by atoms with Gasteiger partial charge in [-0.15, -0.1) is 0 Å². The first-order valence-electron chi connectivity index (χ1n) is 13.8. The number of rotatable bonds is 17. The predicted molar refractivity (Wildman–Crippen MR) is 156 cm³/mol. The van der Waals surface area contributed by atoms with Crippen LogP contribution in [0.3, 0.4) is 0 Å². The zero-order chi connectivity index (χ0) is 32.8. The van der Waals surface area contributed by atoms with Crippen LogP contribution in [0.1, 0.15) is 28.9 Å². The third-order valence-corrected chi connectivity index (χ3v) is 6.04. The zero-order valence-corrected chi connectivity index (χ0v) is 24.4. The van der Waals surface area contributed by atoms with E-state index in [0.29, 0.717) is 44.3 Å². The molecule has 3 aromatic rings. The van der Waals surface area contributed by atoms with Crippen LogP contribution >= 0.6 is 0 Å². The van der Waals surface area contributed by atoms with Crippen molar-refractivity contribution in [3.8, 4) is 0 Å². The number of nitrogens with one attached hydrogen (secondary N) is 4. The van der Waals surface area contributed by atoms with Gasteiger partial charge in [0.15, 0.2) is 11.2 Å². The van der Waals surface area contributed by atoms with E-state index in [2.05, 4.69) is 35.9 Å². The minimum Gasteiger partial charge on any atom is -0.378 e. The molecule has 0 radical (unpaired) electrons. The van der Waals surface area contributed by atoms with Gasteiger partial charge in [0, 0.05) is 37.3 Å². The molecule has 6 N–H and O–H groups in total. The lowest BCUT2D eigenvalue weighted by Gasteiger charge is -2.23. The Morgan fingerprint density at radius 1 is 0.978 bits per heavy atom. The molecule has 18 heteroatoms. The maximum absolute atomic E-state index is 13.4. The molecule has 2 heterocycles. The lowest BCUT2D eigenvalue weighted by atomic mass is 10.1. The van der Waals surface area contributed by atoms with Crippen LogP contribution in [-0.2, 0) is 25.6 Å². The number of ether oxygens (including phenoxy) is 2. The molecular formula is C27H34F3N9O6. The number of amides is 3. The van der Waals surface area contributed by atoms with E-state index in [0.717, 1.165) is 12.7 Å². The van der Waals surface area contributed by atoms with Gasteiger partial charge in [0.1, 0.15) is 0 Å². The van der Waals surface area contributed by atoms with Crippen molar-refractivity contribution in [2.24, 2.45) is 0 Å². The van der Waals surface area contributed by atoms with E-state index in [4.69, 9.17) is 15.2 Å². The minimum atomic E-state index is -5.23. The molecule has 2 aromatic heterocycles. The Labute approximate surface area is 255 Å². The molecule has 0 atom stereocenters. The van der Waals surface area contributed by atoms with Crippen molar-refractivity contribution in [1.29, 1.82) is 0 Å². The molecule has 0 saturated carbocycles. The monoisotopic (exact) mass is 637 g/mol. The van der Waals surface area contributed by atoms with Crippen molar-refractivity contribution in [1.82, 2.24) is 35.9 Å². The predicted octanol–water partition coefficient (Wildman–Crippen LogP) is 0.270. The van der Waals surface area contributed by atoms with Crippen molar-refractivity contribution in [2.45, 2.75) is 25.6 Å². The number of nitrogens with two attached hydrogens (primary N) is 1. The molecule has 0 saturated heterocycles. The van der Waals surface area contributed by atoms with Gasteiger partial charge in [-0.1, -0.05) is 0 Å². The van der Waals surface area contributed by atoms with Gasteiger partial charge in [-0.05, 0) is 37.7 Å². The largest absolute Gasteiger partial charge is 0.471 e. The number of likely N-dealkylation sites (N-methyl/N-ethyl adjacent to an activating group) is 1. The van der Waals surface area contributed by atoms with Gasteiger partial charge in [0.25, 0.3) is 11.5 Å². The highest BCUT2D eigenvalue weighted by atomic mass is 19.4. The summed E-state index contributed by atoms with van der Waals surface area (Å²) in [4.78, 5) is 63.2.